The van der Waals surface area contributed by atoms with Crippen molar-refractivity contribution in [3.8, 4) is 6.07 Å². The molecule has 0 aliphatic heterocycles. The molecule has 5 nitrogen and oxygen atoms in total. The largest absolute Gasteiger partial charge is 0.478 e. The predicted molar refractivity (Wildman–Crippen MR) is 81.4 cm³/mol. The van der Waals surface area contributed by atoms with Gasteiger partial charge in [0.15, 0.2) is 0 Å². The number of hydrogen-bond donors (Lipinski definition) is 1. The van der Waals surface area contributed by atoms with Gasteiger partial charge in [0.1, 0.15) is 11.4 Å². The molecule has 0 spiro atoms. The molecule has 0 aliphatic rings. The molecule has 1 aromatic heterocycles. The van der Waals surface area contributed by atoms with Crippen molar-refractivity contribution in [3.63, 3.8) is 0 Å². The highest BCUT2D eigenvalue weighted by Crippen LogP contribution is 2.24. The van der Waals surface area contributed by atoms with Gasteiger partial charge in [-0.2, -0.15) is 5.26 Å². The highest BCUT2D eigenvalue weighted by atomic mass is 16.4. The average molecular weight is 283 g/mol. The number of aromatic nitrogens is 1. The third-order valence-corrected chi connectivity index (χ3v) is 3.33. The second kappa shape index (κ2) is 6.23. The van der Waals surface area contributed by atoms with Crippen molar-refractivity contribution < 1.29 is 9.90 Å². The number of nitrogens with zero attached hydrogens (tertiary/aromatic N) is 3. The Bertz CT molecular complexity index is 706. The molecule has 5 heteroatoms. The molecule has 0 radical (unpaired) electrons. The van der Waals surface area contributed by atoms with E-state index in [4.69, 9.17) is 5.26 Å². The number of rotatable bonds is 5. The van der Waals surface area contributed by atoms with Crippen molar-refractivity contribution in [2.75, 3.05) is 18.0 Å². The van der Waals surface area contributed by atoms with Gasteiger partial charge >= 0.3 is 5.97 Å². The molecule has 1 unspecified atom stereocenters. The van der Waals surface area contributed by atoms with E-state index in [1.165, 1.54) is 0 Å². The normalized spacial score (nSPS) is 11.9. The highest BCUT2D eigenvalue weighted by Gasteiger charge is 2.19. The second-order valence-corrected chi connectivity index (χ2v) is 4.93. The molecule has 1 aromatic carbocycles. The van der Waals surface area contributed by atoms with Gasteiger partial charge in [-0.05, 0) is 26.0 Å². The lowest BCUT2D eigenvalue weighted by Gasteiger charge is -2.24. The van der Waals surface area contributed by atoms with Crippen LogP contribution in [0.2, 0.25) is 0 Å². The molecule has 0 amide bonds. The first-order chi connectivity index (χ1) is 10.1. The number of hydrogen-bond acceptors (Lipinski definition) is 4. The summed E-state index contributed by atoms with van der Waals surface area (Å²) in [5.74, 6) is -0.781. The van der Waals surface area contributed by atoms with Crippen molar-refractivity contribution >= 4 is 22.7 Å². The number of fused-ring (bicyclic) bond motifs is 1. The molecule has 108 valence electrons. The van der Waals surface area contributed by atoms with Crippen LogP contribution in [0.4, 0.5) is 5.82 Å². The Labute approximate surface area is 123 Å². The van der Waals surface area contributed by atoms with Crippen molar-refractivity contribution in [2.45, 2.75) is 13.8 Å². The van der Waals surface area contributed by atoms with Crippen LogP contribution in [0.25, 0.3) is 10.9 Å². The summed E-state index contributed by atoms with van der Waals surface area (Å²) in [6, 6.07) is 11.2. The third kappa shape index (κ3) is 3.11. The SMILES string of the molecule is CCN(CC(C)C#N)c1nc2ccccc2cc1C(=O)O. The van der Waals surface area contributed by atoms with E-state index in [9.17, 15) is 9.90 Å². The third-order valence-electron chi connectivity index (χ3n) is 3.33. The fourth-order valence-electron chi connectivity index (χ4n) is 2.24. The number of carboxylic acid groups (broad SMARTS) is 1. The smallest absolute Gasteiger partial charge is 0.339 e. The minimum Gasteiger partial charge on any atom is -0.478 e. The molecule has 0 aliphatic carbocycles. The van der Waals surface area contributed by atoms with Crippen molar-refractivity contribution in [3.05, 3.63) is 35.9 Å². The summed E-state index contributed by atoms with van der Waals surface area (Å²) in [6.07, 6.45) is 0. The van der Waals surface area contributed by atoms with E-state index in [1.807, 2.05) is 43.0 Å². The van der Waals surface area contributed by atoms with Crippen LogP contribution in [-0.4, -0.2) is 29.1 Å². The van der Waals surface area contributed by atoms with Crippen molar-refractivity contribution in [1.29, 1.82) is 5.26 Å². The van der Waals surface area contributed by atoms with Gasteiger partial charge in [-0.25, -0.2) is 9.78 Å². The zero-order valence-corrected chi connectivity index (χ0v) is 12.1. The maximum atomic E-state index is 11.5. The van der Waals surface area contributed by atoms with Gasteiger partial charge in [0, 0.05) is 18.5 Å². The molecule has 2 rings (SSSR count). The lowest BCUT2D eigenvalue weighted by molar-refractivity contribution is 0.0697. The molecule has 0 saturated carbocycles. The van der Waals surface area contributed by atoms with Crippen LogP contribution in [0.1, 0.15) is 24.2 Å². The Hall–Kier alpha value is -2.61. The Morgan fingerprint density at radius 2 is 2.19 bits per heavy atom. The summed E-state index contributed by atoms with van der Waals surface area (Å²) in [4.78, 5) is 17.8. The van der Waals surface area contributed by atoms with E-state index in [2.05, 4.69) is 11.1 Å². The lowest BCUT2D eigenvalue weighted by Crippen LogP contribution is -2.30. The van der Waals surface area contributed by atoms with Gasteiger partial charge in [-0.1, -0.05) is 18.2 Å². The zero-order chi connectivity index (χ0) is 15.4. The van der Waals surface area contributed by atoms with E-state index in [0.717, 1.165) is 10.9 Å². The van der Waals surface area contributed by atoms with Crippen LogP contribution in [0.5, 0.6) is 0 Å². The highest BCUT2D eigenvalue weighted by molar-refractivity contribution is 5.98. The van der Waals surface area contributed by atoms with Crippen LogP contribution in [0, 0.1) is 17.2 Å². The Kier molecular flexibility index (Phi) is 4.39. The lowest BCUT2D eigenvalue weighted by atomic mass is 10.1. The molecular formula is C16H17N3O2. The van der Waals surface area contributed by atoms with E-state index in [-0.39, 0.29) is 11.5 Å². The Morgan fingerprint density at radius 3 is 2.81 bits per heavy atom. The fraction of sp³-hybridized carbons (Fsp3) is 0.312. The van der Waals surface area contributed by atoms with E-state index < -0.39 is 5.97 Å². The number of carboxylic acids is 1. The predicted octanol–water partition coefficient (Wildman–Crippen LogP) is 2.92. The summed E-state index contributed by atoms with van der Waals surface area (Å²) < 4.78 is 0. The number of pyridine rings is 1. The maximum absolute atomic E-state index is 11.5. The van der Waals surface area contributed by atoms with Gasteiger partial charge in [-0.15, -0.1) is 0 Å². The minimum atomic E-state index is -1.01. The quantitative estimate of drug-likeness (QED) is 0.912. The molecule has 2 aromatic rings. The minimum absolute atomic E-state index is 0.167. The number of benzene rings is 1. The van der Waals surface area contributed by atoms with Crippen LogP contribution < -0.4 is 4.90 Å². The van der Waals surface area contributed by atoms with Crippen molar-refractivity contribution in [1.82, 2.24) is 4.98 Å². The van der Waals surface area contributed by atoms with Crippen LogP contribution in [0.3, 0.4) is 0 Å². The van der Waals surface area contributed by atoms with Gasteiger partial charge in [-0.3, -0.25) is 0 Å². The van der Waals surface area contributed by atoms with Gasteiger partial charge in [0.25, 0.3) is 0 Å². The number of carbonyl (C=O) groups is 1. The van der Waals surface area contributed by atoms with Crippen LogP contribution in [0.15, 0.2) is 30.3 Å². The van der Waals surface area contributed by atoms with Crippen LogP contribution >= 0.6 is 0 Å². The molecule has 1 atom stereocenters. The van der Waals surface area contributed by atoms with E-state index in [0.29, 0.717) is 18.9 Å². The second-order valence-electron chi connectivity index (χ2n) is 4.93. The standard InChI is InChI=1S/C16H17N3O2/c1-3-19(10-11(2)9-17)15-13(16(20)21)8-12-6-4-5-7-14(12)18-15/h4-8,11H,3,10H2,1-2H3,(H,20,21). The van der Waals surface area contributed by atoms with E-state index >= 15 is 0 Å². The Balaban J connectivity index is 2.56. The molecule has 21 heavy (non-hydrogen) atoms. The first kappa shape index (κ1) is 14.8. The van der Waals surface area contributed by atoms with Gasteiger partial charge in [0.05, 0.1) is 17.5 Å². The summed E-state index contributed by atoms with van der Waals surface area (Å²) in [7, 11) is 0. The fourth-order valence-corrected chi connectivity index (χ4v) is 2.24. The number of aromatic carboxylic acids is 1. The molecule has 1 heterocycles. The summed E-state index contributed by atoms with van der Waals surface area (Å²) >= 11 is 0. The first-order valence-electron chi connectivity index (χ1n) is 6.84. The van der Waals surface area contributed by atoms with Crippen molar-refractivity contribution in [2.24, 2.45) is 5.92 Å². The van der Waals surface area contributed by atoms with E-state index in [1.54, 1.807) is 6.07 Å². The van der Waals surface area contributed by atoms with Gasteiger partial charge < -0.3 is 10.0 Å². The number of para-hydroxylation sites is 1. The molecule has 1 N–H and O–H groups in total. The molecule has 0 fully saturated rings. The summed E-state index contributed by atoms with van der Waals surface area (Å²) in [5.41, 5.74) is 0.918. The average Bonchev–Trinajstić information content (AvgIpc) is 2.50. The van der Waals surface area contributed by atoms with Gasteiger partial charge in [0.2, 0.25) is 0 Å². The molecular weight excluding hydrogens is 266 g/mol. The number of anilines is 1. The Morgan fingerprint density at radius 1 is 1.48 bits per heavy atom. The first-order valence-corrected chi connectivity index (χ1v) is 6.84. The molecule has 0 saturated heterocycles. The molecule has 0 bridgehead atoms. The topological polar surface area (TPSA) is 77.2 Å². The van der Waals surface area contributed by atoms with Crippen LogP contribution in [-0.2, 0) is 0 Å². The number of nitriles is 1. The summed E-state index contributed by atoms with van der Waals surface area (Å²) in [6.45, 7) is 4.78. The summed E-state index contributed by atoms with van der Waals surface area (Å²) in [5, 5.41) is 19.2. The maximum Gasteiger partial charge on any atom is 0.339 e. The zero-order valence-electron chi connectivity index (χ0n) is 12.1. The monoisotopic (exact) mass is 283 g/mol.